The Hall–Kier alpha value is -3.82. The molecule has 0 heterocycles. The summed E-state index contributed by atoms with van der Waals surface area (Å²) in [6, 6.07) is 27.3. The average Bonchev–Trinajstić information content (AvgIpc) is 3.42. The van der Waals surface area contributed by atoms with Gasteiger partial charge in [0, 0.05) is 11.8 Å². The van der Waals surface area contributed by atoms with E-state index < -0.39 is 8.80 Å². The minimum absolute atomic E-state index is 0.494. The fourth-order valence-electron chi connectivity index (χ4n) is 9.89. The first-order valence-corrected chi connectivity index (χ1v) is 20.4. The van der Waals surface area contributed by atoms with Gasteiger partial charge in [-0.05, 0) is 132 Å². The standard InChI is InChI=1S/C45H49O2Si/c1-28-22-42-38(34-16-14-32-26-36(46-3)20-18-30(32)24-34)10-6-8-12-40(42)44(28)48(5)45-29(2)23-43-39(11-7-9-13-41(43)45)35-17-15-33-27-37(47-4)21-19-31(33)25-35/h14-27,38-39,44-45H,6-13H2,1-5H3. The van der Waals surface area contributed by atoms with E-state index in [1.807, 2.05) is 0 Å². The van der Waals surface area contributed by atoms with E-state index in [0.717, 1.165) is 11.5 Å². The minimum atomic E-state index is -0.785. The Labute approximate surface area is 288 Å². The Morgan fingerprint density at radius 3 is 1.40 bits per heavy atom. The number of rotatable bonds is 6. The number of hydrogen-bond donors (Lipinski definition) is 0. The minimum Gasteiger partial charge on any atom is -0.497 e. The van der Waals surface area contributed by atoms with Gasteiger partial charge in [0.05, 0.1) is 23.0 Å². The lowest BCUT2D eigenvalue weighted by Crippen LogP contribution is -2.26. The van der Waals surface area contributed by atoms with Crippen LogP contribution < -0.4 is 9.47 Å². The molecule has 1 radical (unpaired) electrons. The molecular weight excluding hydrogens is 601 g/mol. The molecule has 4 aromatic rings. The molecule has 0 saturated carbocycles. The fourth-order valence-corrected chi connectivity index (χ4v) is 13.5. The predicted molar refractivity (Wildman–Crippen MR) is 204 cm³/mol. The molecule has 8 rings (SSSR count). The lowest BCUT2D eigenvalue weighted by molar-refractivity contribution is 0.415. The molecule has 4 aromatic carbocycles. The van der Waals surface area contributed by atoms with Gasteiger partial charge in [-0.2, -0.15) is 0 Å². The van der Waals surface area contributed by atoms with Gasteiger partial charge in [0.1, 0.15) is 11.5 Å². The molecule has 4 aliphatic rings. The van der Waals surface area contributed by atoms with Crippen molar-refractivity contribution >= 4 is 30.3 Å². The van der Waals surface area contributed by atoms with Crippen LogP contribution in [0.15, 0.2) is 118 Å². The monoisotopic (exact) mass is 649 g/mol. The molecule has 0 fully saturated rings. The Morgan fingerprint density at radius 1 is 0.542 bits per heavy atom. The zero-order valence-electron chi connectivity index (χ0n) is 29.4. The van der Waals surface area contributed by atoms with Crippen molar-refractivity contribution in [2.75, 3.05) is 14.2 Å². The van der Waals surface area contributed by atoms with Crippen molar-refractivity contribution in [1.29, 1.82) is 0 Å². The Bertz CT molecular complexity index is 1880. The topological polar surface area (TPSA) is 18.5 Å². The Balaban J connectivity index is 1.13. The molecule has 4 aliphatic carbocycles. The summed E-state index contributed by atoms with van der Waals surface area (Å²) in [6.45, 7) is 7.61. The van der Waals surface area contributed by atoms with E-state index in [1.54, 1.807) is 47.7 Å². The maximum Gasteiger partial charge on any atom is 0.119 e. The highest BCUT2D eigenvalue weighted by Gasteiger charge is 2.42. The highest BCUT2D eigenvalue weighted by atomic mass is 28.3. The molecule has 0 aromatic heterocycles. The van der Waals surface area contributed by atoms with Crippen LogP contribution in [0.5, 0.6) is 11.5 Å². The molecule has 4 unspecified atom stereocenters. The first-order chi connectivity index (χ1) is 23.4. The van der Waals surface area contributed by atoms with Crippen molar-refractivity contribution in [3.05, 3.63) is 130 Å². The molecule has 0 saturated heterocycles. The molecule has 0 aliphatic heterocycles. The summed E-state index contributed by atoms with van der Waals surface area (Å²) in [6.07, 6.45) is 15.6. The van der Waals surface area contributed by atoms with Gasteiger partial charge in [-0.3, -0.25) is 0 Å². The normalized spacial score (nSPS) is 24.4. The summed E-state index contributed by atoms with van der Waals surface area (Å²) in [5.41, 5.74) is 14.4. The van der Waals surface area contributed by atoms with E-state index >= 15 is 0 Å². The highest BCUT2D eigenvalue weighted by Crippen LogP contribution is 2.56. The van der Waals surface area contributed by atoms with E-state index in [0.29, 0.717) is 22.9 Å². The Kier molecular flexibility index (Phi) is 8.45. The zero-order chi connectivity index (χ0) is 32.9. The molecule has 48 heavy (non-hydrogen) atoms. The van der Waals surface area contributed by atoms with E-state index in [1.165, 1.54) is 84.0 Å². The summed E-state index contributed by atoms with van der Waals surface area (Å²) in [4.78, 5) is 0. The van der Waals surface area contributed by atoms with Gasteiger partial charge in [0.25, 0.3) is 0 Å². The van der Waals surface area contributed by atoms with Crippen LogP contribution in [-0.2, 0) is 0 Å². The lowest BCUT2D eigenvalue weighted by Gasteiger charge is -2.32. The van der Waals surface area contributed by atoms with Gasteiger partial charge in [-0.25, -0.2) is 0 Å². The summed E-state index contributed by atoms with van der Waals surface area (Å²) >= 11 is 0. The van der Waals surface area contributed by atoms with Crippen LogP contribution in [-0.4, -0.2) is 23.0 Å². The Morgan fingerprint density at radius 2 is 0.958 bits per heavy atom. The number of ether oxygens (including phenoxy) is 2. The molecule has 3 heteroatoms. The molecule has 0 bridgehead atoms. The van der Waals surface area contributed by atoms with Gasteiger partial charge in [-0.1, -0.05) is 102 Å². The van der Waals surface area contributed by atoms with Crippen LogP contribution in [0.3, 0.4) is 0 Å². The largest absolute Gasteiger partial charge is 0.497 e. The van der Waals surface area contributed by atoms with E-state index in [2.05, 4.69) is 105 Å². The molecule has 4 atom stereocenters. The predicted octanol–water partition coefficient (Wildman–Crippen LogP) is 12.4. The molecule has 2 nitrogen and oxygen atoms in total. The summed E-state index contributed by atoms with van der Waals surface area (Å²) in [5, 5.41) is 5.15. The molecule has 0 amide bonds. The van der Waals surface area contributed by atoms with Crippen molar-refractivity contribution < 1.29 is 9.47 Å². The zero-order valence-corrected chi connectivity index (χ0v) is 30.4. The summed E-state index contributed by atoms with van der Waals surface area (Å²) in [7, 11) is 2.72. The molecule has 245 valence electrons. The second-order valence-corrected chi connectivity index (χ2v) is 17.5. The molecular formula is C45H49O2Si. The van der Waals surface area contributed by atoms with Crippen LogP contribution in [0.4, 0.5) is 0 Å². The van der Waals surface area contributed by atoms with Gasteiger partial charge < -0.3 is 9.47 Å². The van der Waals surface area contributed by atoms with Crippen LogP contribution in [0.1, 0.15) is 88.2 Å². The summed E-state index contributed by atoms with van der Waals surface area (Å²) < 4.78 is 11.0. The second kappa shape index (κ2) is 12.9. The van der Waals surface area contributed by atoms with Crippen LogP contribution in [0.2, 0.25) is 17.6 Å². The first kappa shape index (κ1) is 31.4. The number of methoxy groups -OCH3 is 2. The number of benzene rings is 4. The second-order valence-electron chi connectivity index (χ2n) is 14.9. The van der Waals surface area contributed by atoms with Gasteiger partial charge >= 0.3 is 0 Å². The maximum atomic E-state index is 5.51. The van der Waals surface area contributed by atoms with Gasteiger partial charge in [-0.15, -0.1) is 0 Å². The smallest absolute Gasteiger partial charge is 0.119 e. The highest BCUT2D eigenvalue weighted by molar-refractivity contribution is 6.64. The van der Waals surface area contributed by atoms with Crippen molar-refractivity contribution in [2.45, 2.75) is 94.7 Å². The maximum absolute atomic E-state index is 5.51. The van der Waals surface area contributed by atoms with Crippen LogP contribution in [0.25, 0.3) is 21.5 Å². The molecule has 0 N–H and O–H groups in total. The van der Waals surface area contributed by atoms with Gasteiger partial charge in [0.2, 0.25) is 0 Å². The van der Waals surface area contributed by atoms with Crippen molar-refractivity contribution in [2.24, 2.45) is 0 Å². The van der Waals surface area contributed by atoms with Gasteiger partial charge in [0.15, 0.2) is 0 Å². The van der Waals surface area contributed by atoms with Crippen molar-refractivity contribution in [3.8, 4) is 11.5 Å². The quantitative estimate of drug-likeness (QED) is 0.194. The van der Waals surface area contributed by atoms with Crippen molar-refractivity contribution in [1.82, 2.24) is 0 Å². The lowest BCUT2D eigenvalue weighted by atomic mass is 9.86. The fraction of sp³-hybridized carbons (Fsp3) is 0.378. The SMILES string of the molecule is COc1ccc2cc(C3CCCCC4=C3C=C(C)C4[Si](C)C3C(C)=CC4=C3CCCCC4c3ccc4cc(OC)ccc4c3)ccc2c1. The number of allylic oxidation sites excluding steroid dienone is 8. The number of hydrogen-bond acceptors (Lipinski definition) is 2. The summed E-state index contributed by atoms with van der Waals surface area (Å²) in [5.74, 6) is 2.84. The third-order valence-electron chi connectivity index (χ3n) is 12.1. The molecule has 0 spiro atoms. The number of fused-ring (bicyclic) bond motifs is 2. The van der Waals surface area contributed by atoms with E-state index in [9.17, 15) is 0 Å². The van der Waals surface area contributed by atoms with E-state index in [4.69, 9.17) is 9.47 Å². The first-order valence-electron chi connectivity index (χ1n) is 18.2. The average molecular weight is 650 g/mol. The third-order valence-corrected chi connectivity index (χ3v) is 15.5. The van der Waals surface area contributed by atoms with Crippen molar-refractivity contribution in [3.63, 3.8) is 0 Å². The van der Waals surface area contributed by atoms with Crippen LogP contribution >= 0.6 is 0 Å². The van der Waals surface area contributed by atoms with Crippen LogP contribution in [0, 0.1) is 0 Å². The van der Waals surface area contributed by atoms with E-state index in [-0.39, 0.29) is 0 Å². The third kappa shape index (κ3) is 5.49.